The summed E-state index contributed by atoms with van der Waals surface area (Å²) in [7, 11) is 3.30. The van der Waals surface area contributed by atoms with Crippen molar-refractivity contribution in [2.75, 3.05) is 19.1 Å². The molecule has 0 aliphatic carbocycles. The highest BCUT2D eigenvalue weighted by Gasteiger charge is 2.25. The van der Waals surface area contributed by atoms with E-state index in [2.05, 4.69) is 40.2 Å². The van der Waals surface area contributed by atoms with Crippen LogP contribution in [-0.4, -0.2) is 20.4 Å². The van der Waals surface area contributed by atoms with Crippen LogP contribution >= 0.6 is 0 Å². The van der Waals surface area contributed by atoms with Crippen LogP contribution in [0.25, 0.3) is 6.08 Å². The normalized spacial score (nSPS) is 14.6. The number of hydrogen-bond acceptors (Lipinski definition) is 4. The van der Waals surface area contributed by atoms with E-state index in [1.54, 1.807) is 14.2 Å². The molecule has 4 rings (SSSR count). The van der Waals surface area contributed by atoms with Crippen molar-refractivity contribution in [2.24, 2.45) is 4.99 Å². The minimum Gasteiger partial charge on any atom is -0.493 e. The summed E-state index contributed by atoms with van der Waals surface area (Å²) in [6, 6.07) is 12.4. The van der Waals surface area contributed by atoms with Crippen molar-refractivity contribution >= 4 is 18.0 Å². The fourth-order valence-electron chi connectivity index (χ4n) is 2.96. The summed E-state index contributed by atoms with van der Waals surface area (Å²) in [6.45, 7) is 0.807. The van der Waals surface area contributed by atoms with Gasteiger partial charge in [-0.15, -0.1) is 0 Å². The van der Waals surface area contributed by atoms with Gasteiger partial charge in [-0.3, -0.25) is 0 Å². The second-order valence-electron chi connectivity index (χ2n) is 5.31. The molecule has 0 aromatic heterocycles. The van der Waals surface area contributed by atoms with Crippen molar-refractivity contribution in [1.82, 2.24) is 0 Å². The molecular formula is C18H16N2O2. The highest BCUT2D eigenvalue weighted by molar-refractivity contribution is 5.95. The van der Waals surface area contributed by atoms with E-state index >= 15 is 0 Å². The van der Waals surface area contributed by atoms with Gasteiger partial charge >= 0.3 is 0 Å². The molecule has 0 saturated heterocycles. The third-order valence-electron chi connectivity index (χ3n) is 4.10. The molecule has 0 N–H and O–H groups in total. The minimum absolute atomic E-state index is 0.720. The summed E-state index contributed by atoms with van der Waals surface area (Å²) in [6.07, 6.45) is 4.00. The van der Waals surface area contributed by atoms with Gasteiger partial charge in [0.25, 0.3) is 0 Å². The van der Waals surface area contributed by atoms with Crippen molar-refractivity contribution in [3.8, 4) is 11.5 Å². The SMILES string of the molecule is COc1cc2c(cc1OC)N1Cc3ccccc3C=C1N=C2. The fraction of sp³-hybridized carbons (Fsp3) is 0.167. The maximum atomic E-state index is 5.44. The number of methoxy groups -OCH3 is 2. The number of nitrogens with zero attached hydrogens (tertiary/aromatic N) is 2. The van der Waals surface area contributed by atoms with Crippen molar-refractivity contribution < 1.29 is 9.47 Å². The van der Waals surface area contributed by atoms with Crippen LogP contribution in [0.5, 0.6) is 11.5 Å². The van der Waals surface area contributed by atoms with E-state index in [4.69, 9.17) is 9.47 Å². The van der Waals surface area contributed by atoms with E-state index in [0.29, 0.717) is 0 Å². The predicted octanol–water partition coefficient (Wildman–Crippen LogP) is 3.45. The van der Waals surface area contributed by atoms with E-state index in [1.165, 1.54) is 11.1 Å². The van der Waals surface area contributed by atoms with Crippen LogP contribution in [0.1, 0.15) is 16.7 Å². The number of anilines is 1. The van der Waals surface area contributed by atoms with Gasteiger partial charge in [-0.2, -0.15) is 0 Å². The number of fused-ring (bicyclic) bond motifs is 4. The summed E-state index contributed by atoms with van der Waals surface area (Å²) < 4.78 is 10.8. The maximum Gasteiger partial charge on any atom is 0.162 e. The monoisotopic (exact) mass is 292 g/mol. The second kappa shape index (κ2) is 4.91. The first-order chi connectivity index (χ1) is 10.8. The van der Waals surface area contributed by atoms with E-state index in [1.807, 2.05) is 18.3 Å². The zero-order valence-corrected chi connectivity index (χ0v) is 12.5. The molecular weight excluding hydrogens is 276 g/mol. The van der Waals surface area contributed by atoms with Crippen LogP contribution in [0, 0.1) is 0 Å². The quantitative estimate of drug-likeness (QED) is 0.850. The van der Waals surface area contributed by atoms with E-state index in [-0.39, 0.29) is 0 Å². The Morgan fingerprint density at radius 2 is 1.77 bits per heavy atom. The van der Waals surface area contributed by atoms with Crippen molar-refractivity contribution in [1.29, 1.82) is 0 Å². The third kappa shape index (κ3) is 1.88. The van der Waals surface area contributed by atoms with E-state index in [9.17, 15) is 0 Å². The Bertz CT molecular complexity index is 809. The zero-order chi connectivity index (χ0) is 15.1. The summed E-state index contributed by atoms with van der Waals surface area (Å²) in [4.78, 5) is 6.80. The molecule has 4 nitrogen and oxygen atoms in total. The van der Waals surface area contributed by atoms with Gasteiger partial charge < -0.3 is 14.4 Å². The number of ether oxygens (including phenoxy) is 2. The van der Waals surface area contributed by atoms with Crippen molar-refractivity contribution in [3.05, 3.63) is 58.9 Å². The average Bonchev–Trinajstić information content (AvgIpc) is 2.58. The Labute approximate surface area is 129 Å². The Hall–Kier alpha value is -2.75. The number of benzene rings is 2. The Morgan fingerprint density at radius 1 is 1.00 bits per heavy atom. The molecule has 0 amide bonds. The van der Waals surface area contributed by atoms with E-state index in [0.717, 1.165) is 35.1 Å². The summed E-state index contributed by atoms with van der Waals surface area (Å²) in [5.41, 5.74) is 4.65. The summed E-state index contributed by atoms with van der Waals surface area (Å²) in [5.74, 6) is 2.41. The molecule has 0 bridgehead atoms. The van der Waals surface area contributed by atoms with Gasteiger partial charge in [0, 0.05) is 17.8 Å². The molecule has 0 atom stereocenters. The Kier molecular flexibility index (Phi) is 2.89. The Morgan fingerprint density at radius 3 is 2.59 bits per heavy atom. The smallest absolute Gasteiger partial charge is 0.162 e. The van der Waals surface area contributed by atoms with Crippen molar-refractivity contribution in [3.63, 3.8) is 0 Å². The van der Waals surface area contributed by atoms with Crippen LogP contribution < -0.4 is 14.4 Å². The van der Waals surface area contributed by atoms with Gasteiger partial charge in [-0.05, 0) is 23.3 Å². The molecule has 2 heterocycles. The van der Waals surface area contributed by atoms with Crippen molar-refractivity contribution in [2.45, 2.75) is 6.54 Å². The van der Waals surface area contributed by atoms with Gasteiger partial charge in [0.1, 0.15) is 5.82 Å². The average molecular weight is 292 g/mol. The molecule has 2 aromatic rings. The standard InChI is InChI=1S/C18H16N2O2/c1-21-16-7-14-10-19-18-8-12-5-3-4-6-13(12)11-20(18)15(14)9-17(16)22-2/h3-10H,11H2,1-2H3. The molecule has 0 fully saturated rings. The van der Waals surface area contributed by atoms with Crippen LogP contribution in [0.2, 0.25) is 0 Å². The summed E-state index contributed by atoms with van der Waals surface area (Å²) in [5, 5.41) is 0. The van der Waals surface area contributed by atoms with Crippen LogP contribution in [0.4, 0.5) is 5.69 Å². The lowest BCUT2D eigenvalue weighted by molar-refractivity contribution is 0.355. The lowest BCUT2D eigenvalue weighted by atomic mass is 10.0. The molecule has 2 aromatic carbocycles. The first-order valence-corrected chi connectivity index (χ1v) is 7.17. The molecule has 0 unspecified atom stereocenters. The lowest BCUT2D eigenvalue weighted by Gasteiger charge is -2.33. The molecule has 110 valence electrons. The van der Waals surface area contributed by atoms with E-state index < -0.39 is 0 Å². The molecule has 0 spiro atoms. The topological polar surface area (TPSA) is 34.1 Å². The van der Waals surface area contributed by atoms with Crippen LogP contribution in [-0.2, 0) is 6.54 Å². The molecule has 0 radical (unpaired) electrons. The van der Waals surface area contributed by atoms with Gasteiger partial charge in [-0.25, -0.2) is 4.99 Å². The first-order valence-electron chi connectivity index (χ1n) is 7.17. The zero-order valence-electron chi connectivity index (χ0n) is 12.5. The van der Waals surface area contributed by atoms with Crippen LogP contribution in [0.3, 0.4) is 0 Å². The molecule has 2 aliphatic heterocycles. The highest BCUT2D eigenvalue weighted by atomic mass is 16.5. The number of rotatable bonds is 2. The second-order valence-corrected chi connectivity index (χ2v) is 5.31. The maximum absolute atomic E-state index is 5.44. The summed E-state index contributed by atoms with van der Waals surface area (Å²) >= 11 is 0. The Balaban J connectivity index is 1.86. The number of aliphatic imine (C=N–C) groups is 1. The van der Waals surface area contributed by atoms with Gasteiger partial charge in [0.05, 0.1) is 26.5 Å². The number of hydrogen-bond donors (Lipinski definition) is 0. The molecule has 4 heteroatoms. The molecule has 22 heavy (non-hydrogen) atoms. The highest BCUT2D eigenvalue weighted by Crippen LogP contribution is 2.40. The third-order valence-corrected chi connectivity index (χ3v) is 4.10. The predicted molar refractivity (Wildman–Crippen MR) is 87.7 cm³/mol. The largest absolute Gasteiger partial charge is 0.493 e. The minimum atomic E-state index is 0.720. The van der Waals surface area contributed by atoms with Gasteiger partial charge in [0.15, 0.2) is 11.5 Å². The van der Waals surface area contributed by atoms with Crippen LogP contribution in [0.15, 0.2) is 47.2 Å². The first kappa shape index (κ1) is 13.0. The lowest BCUT2D eigenvalue weighted by Crippen LogP contribution is -2.27. The molecule has 2 aliphatic rings. The fourth-order valence-corrected chi connectivity index (χ4v) is 2.96. The molecule has 0 saturated carbocycles. The van der Waals surface area contributed by atoms with Gasteiger partial charge in [-0.1, -0.05) is 24.3 Å². The van der Waals surface area contributed by atoms with Gasteiger partial charge in [0.2, 0.25) is 0 Å².